The number of amides is 1. The molecule has 8 heteroatoms. The van der Waals surface area contributed by atoms with E-state index in [2.05, 4.69) is 5.32 Å². The van der Waals surface area contributed by atoms with Crippen LogP contribution in [0.15, 0.2) is 36.4 Å². The van der Waals surface area contributed by atoms with Gasteiger partial charge >= 0.3 is 0 Å². The maximum Gasteiger partial charge on any atom is 0.262 e. The Morgan fingerprint density at radius 3 is 2.33 bits per heavy atom. The van der Waals surface area contributed by atoms with E-state index in [0.717, 1.165) is 0 Å². The third-order valence-electron chi connectivity index (χ3n) is 2.83. The lowest BCUT2D eigenvalue weighted by Gasteiger charge is -2.11. The van der Waals surface area contributed by atoms with Gasteiger partial charge in [-0.15, -0.1) is 0 Å². The lowest BCUT2D eigenvalue weighted by atomic mass is 10.3. The molecule has 0 bridgehead atoms. The van der Waals surface area contributed by atoms with Crippen LogP contribution >= 0.6 is 34.8 Å². The maximum atomic E-state index is 11.9. The van der Waals surface area contributed by atoms with Crippen molar-refractivity contribution in [1.29, 1.82) is 0 Å². The highest BCUT2D eigenvalue weighted by molar-refractivity contribution is 6.35. The van der Waals surface area contributed by atoms with Crippen molar-refractivity contribution in [3.63, 3.8) is 0 Å². The number of carbonyl (C=O) groups excluding carboxylic acids is 1. The summed E-state index contributed by atoms with van der Waals surface area (Å²) < 4.78 is 10.6. The number of benzene rings is 2. The largest absolute Gasteiger partial charge is 0.491 e. The number of carbonyl (C=O) groups is 1. The van der Waals surface area contributed by atoms with Gasteiger partial charge in [-0.1, -0.05) is 34.8 Å². The van der Waals surface area contributed by atoms with Crippen LogP contribution in [-0.2, 0) is 4.79 Å². The van der Waals surface area contributed by atoms with Crippen LogP contribution in [0.4, 0.5) is 5.69 Å². The Kier molecular flexibility index (Phi) is 6.99. The summed E-state index contributed by atoms with van der Waals surface area (Å²) in [4.78, 5) is 11.9. The highest BCUT2D eigenvalue weighted by Gasteiger charge is 2.09. The van der Waals surface area contributed by atoms with E-state index in [4.69, 9.17) is 50.0 Å². The molecule has 0 aliphatic carbocycles. The van der Waals surface area contributed by atoms with Gasteiger partial charge in [-0.3, -0.25) is 10.5 Å². The van der Waals surface area contributed by atoms with Crippen molar-refractivity contribution in [2.75, 3.05) is 25.1 Å². The number of hydrogen-bond acceptors (Lipinski definition) is 3. The Hall–Kier alpha value is -1.66. The van der Waals surface area contributed by atoms with Crippen LogP contribution in [0.2, 0.25) is 15.1 Å². The Balaban J connectivity index is 1.91. The number of halogens is 3. The summed E-state index contributed by atoms with van der Waals surface area (Å²) in [6.45, 7) is 0.177. The SMILES string of the molecule is [NH]CCOc1ccc(NC(=O)COc2ccc(Cl)cc2Cl)cc1Cl. The van der Waals surface area contributed by atoms with E-state index in [-0.39, 0.29) is 25.7 Å². The van der Waals surface area contributed by atoms with Gasteiger partial charge in [0.15, 0.2) is 6.61 Å². The first-order chi connectivity index (χ1) is 11.5. The number of nitrogens with one attached hydrogen (secondary N) is 2. The number of anilines is 1. The van der Waals surface area contributed by atoms with Crippen molar-refractivity contribution in [2.24, 2.45) is 0 Å². The molecule has 0 atom stereocenters. The quantitative estimate of drug-likeness (QED) is 0.767. The van der Waals surface area contributed by atoms with Gasteiger partial charge in [0, 0.05) is 17.3 Å². The number of hydrogen-bond donors (Lipinski definition) is 1. The van der Waals surface area contributed by atoms with Crippen molar-refractivity contribution in [1.82, 2.24) is 5.73 Å². The van der Waals surface area contributed by atoms with Crippen LogP contribution in [-0.4, -0.2) is 25.7 Å². The van der Waals surface area contributed by atoms with Crippen molar-refractivity contribution in [2.45, 2.75) is 0 Å². The van der Waals surface area contributed by atoms with E-state index < -0.39 is 0 Å². The molecule has 0 saturated carbocycles. The van der Waals surface area contributed by atoms with E-state index in [1.54, 1.807) is 30.3 Å². The van der Waals surface area contributed by atoms with Crippen LogP contribution < -0.4 is 20.5 Å². The summed E-state index contributed by atoms with van der Waals surface area (Å²) in [5, 5.41) is 3.82. The summed E-state index contributed by atoms with van der Waals surface area (Å²) in [6.07, 6.45) is 0. The van der Waals surface area contributed by atoms with Gasteiger partial charge in [-0.2, -0.15) is 0 Å². The van der Waals surface area contributed by atoms with Crippen molar-refractivity contribution in [3.8, 4) is 11.5 Å². The van der Waals surface area contributed by atoms with Crippen LogP contribution in [0.3, 0.4) is 0 Å². The molecule has 2 aromatic rings. The average molecular weight is 389 g/mol. The Morgan fingerprint density at radius 1 is 1.00 bits per heavy atom. The second kappa shape index (κ2) is 8.99. The lowest BCUT2D eigenvalue weighted by Crippen LogP contribution is -2.20. The summed E-state index contributed by atoms with van der Waals surface area (Å²) in [5.41, 5.74) is 7.55. The molecule has 24 heavy (non-hydrogen) atoms. The van der Waals surface area contributed by atoms with Crippen molar-refractivity contribution in [3.05, 3.63) is 51.5 Å². The van der Waals surface area contributed by atoms with Gasteiger partial charge in [-0.25, -0.2) is 0 Å². The molecular formula is C16H14Cl3N2O3. The molecule has 2 rings (SSSR count). The van der Waals surface area contributed by atoms with Gasteiger partial charge in [0.25, 0.3) is 5.91 Å². The third-order valence-corrected chi connectivity index (χ3v) is 3.65. The van der Waals surface area contributed by atoms with E-state index in [0.29, 0.717) is 32.3 Å². The molecule has 1 radical (unpaired) electrons. The molecule has 127 valence electrons. The minimum atomic E-state index is -0.364. The molecule has 0 spiro atoms. The first-order valence-electron chi connectivity index (χ1n) is 6.94. The van der Waals surface area contributed by atoms with Gasteiger partial charge in [0.2, 0.25) is 0 Å². The minimum Gasteiger partial charge on any atom is -0.491 e. The lowest BCUT2D eigenvalue weighted by molar-refractivity contribution is -0.118. The summed E-state index contributed by atoms with van der Waals surface area (Å²) >= 11 is 17.8. The molecule has 0 saturated heterocycles. The zero-order chi connectivity index (χ0) is 17.5. The van der Waals surface area contributed by atoms with Crippen molar-refractivity contribution >= 4 is 46.4 Å². The molecule has 1 amide bonds. The minimum absolute atomic E-state index is 0.138. The second-order valence-corrected chi connectivity index (χ2v) is 5.91. The highest BCUT2D eigenvalue weighted by Crippen LogP contribution is 2.28. The van der Waals surface area contributed by atoms with Crippen molar-refractivity contribution < 1.29 is 14.3 Å². The predicted octanol–water partition coefficient (Wildman–Crippen LogP) is 4.33. The molecule has 5 nitrogen and oxygen atoms in total. The van der Waals surface area contributed by atoms with Crippen LogP contribution in [0, 0.1) is 0 Å². The monoisotopic (exact) mass is 387 g/mol. The molecule has 0 unspecified atom stereocenters. The highest BCUT2D eigenvalue weighted by atomic mass is 35.5. The van der Waals surface area contributed by atoms with Crippen LogP contribution in [0.1, 0.15) is 0 Å². The van der Waals surface area contributed by atoms with E-state index in [9.17, 15) is 4.79 Å². The van der Waals surface area contributed by atoms with Crippen LogP contribution in [0.25, 0.3) is 0 Å². The number of rotatable bonds is 7. The average Bonchev–Trinajstić information content (AvgIpc) is 2.53. The smallest absolute Gasteiger partial charge is 0.262 e. The second-order valence-electron chi connectivity index (χ2n) is 4.66. The fourth-order valence-electron chi connectivity index (χ4n) is 1.79. The zero-order valence-electron chi connectivity index (χ0n) is 12.4. The third kappa shape index (κ3) is 5.46. The molecule has 0 aliphatic rings. The summed E-state index contributed by atoms with van der Waals surface area (Å²) in [6, 6.07) is 9.59. The molecule has 0 fully saturated rings. The topological polar surface area (TPSA) is 71.4 Å². The molecular weight excluding hydrogens is 375 g/mol. The van der Waals surface area contributed by atoms with E-state index >= 15 is 0 Å². The van der Waals surface area contributed by atoms with E-state index in [1.807, 2.05) is 0 Å². The van der Waals surface area contributed by atoms with Gasteiger partial charge < -0.3 is 14.8 Å². The van der Waals surface area contributed by atoms with Gasteiger partial charge in [0.05, 0.1) is 10.0 Å². The van der Waals surface area contributed by atoms with Crippen LogP contribution in [0.5, 0.6) is 11.5 Å². The fraction of sp³-hybridized carbons (Fsp3) is 0.188. The molecule has 0 aliphatic heterocycles. The summed E-state index contributed by atoms with van der Waals surface area (Å²) in [5.74, 6) is 0.469. The fourth-order valence-corrected chi connectivity index (χ4v) is 2.49. The normalized spacial score (nSPS) is 10.3. The molecule has 2 aromatic carbocycles. The molecule has 0 aromatic heterocycles. The Bertz CT molecular complexity index is 726. The Morgan fingerprint density at radius 2 is 1.67 bits per heavy atom. The van der Waals surface area contributed by atoms with E-state index in [1.165, 1.54) is 6.07 Å². The van der Waals surface area contributed by atoms with Gasteiger partial charge in [0.1, 0.15) is 18.1 Å². The molecule has 2 N–H and O–H groups in total. The summed E-state index contributed by atoms with van der Waals surface area (Å²) in [7, 11) is 0. The van der Waals surface area contributed by atoms with Gasteiger partial charge in [-0.05, 0) is 36.4 Å². The molecule has 0 heterocycles. The zero-order valence-corrected chi connectivity index (χ0v) is 14.7. The first-order valence-corrected chi connectivity index (χ1v) is 8.07. The number of ether oxygens (including phenoxy) is 2. The first kappa shape index (κ1) is 18.7. The standard InChI is InChI=1S/C16H14Cl3N2O3/c17-10-1-3-15(12(18)7-10)24-9-16(22)21-11-2-4-14(13(19)8-11)23-6-5-20/h1-4,7-8,20H,5-6,9H2,(H,21,22). The maximum absolute atomic E-state index is 11.9. The Labute approximate surface area is 154 Å². The predicted molar refractivity (Wildman–Crippen MR) is 95.5 cm³/mol.